The van der Waals surface area contributed by atoms with Crippen LogP contribution in [0.5, 0.6) is 0 Å². The molecule has 1 unspecified atom stereocenters. The summed E-state index contributed by atoms with van der Waals surface area (Å²) in [4.78, 5) is 22.0. The second-order valence-corrected chi connectivity index (χ2v) is 9.29. The molecule has 4 rings (SSSR count). The van der Waals surface area contributed by atoms with E-state index in [9.17, 15) is 19.9 Å². The Bertz CT molecular complexity index is 983. The Labute approximate surface area is 182 Å². The Morgan fingerprint density at radius 3 is 2.26 bits per heavy atom. The van der Waals surface area contributed by atoms with Crippen molar-refractivity contribution in [3.8, 4) is 11.1 Å². The molecule has 1 fully saturated rings. The zero-order valence-corrected chi connectivity index (χ0v) is 18.3. The molecule has 0 bridgehead atoms. The van der Waals surface area contributed by atoms with E-state index in [4.69, 9.17) is 10.5 Å². The van der Waals surface area contributed by atoms with Crippen molar-refractivity contribution in [2.75, 3.05) is 12.3 Å². The molecule has 1 saturated heterocycles. The third-order valence-corrected chi connectivity index (χ3v) is 6.24. The molecule has 1 heterocycles. The van der Waals surface area contributed by atoms with E-state index < -0.39 is 5.97 Å². The molecule has 0 aromatic heterocycles. The van der Waals surface area contributed by atoms with Gasteiger partial charge in [0, 0.05) is 28.2 Å². The molecule has 0 saturated carbocycles. The molecule has 165 valence electrons. The molecule has 0 amide bonds. The zero-order valence-electron chi connectivity index (χ0n) is 18.3. The second kappa shape index (κ2) is 8.32. The number of nitrogens with zero attached hydrogens (tertiary/aromatic N) is 1. The van der Waals surface area contributed by atoms with Gasteiger partial charge in [0.25, 0.3) is 6.47 Å². The second-order valence-electron chi connectivity index (χ2n) is 9.29. The minimum atomic E-state index is -1.06. The normalized spacial score (nSPS) is 20.2. The number of rotatable bonds is 4. The molecule has 2 aromatic carbocycles. The largest absolute Gasteiger partial charge is 0.478 e. The molecule has 1 aliphatic carbocycles. The van der Waals surface area contributed by atoms with Crippen molar-refractivity contribution in [2.45, 2.75) is 57.5 Å². The Morgan fingerprint density at radius 2 is 1.74 bits per heavy atom. The highest BCUT2D eigenvalue weighted by Crippen LogP contribution is 2.47. The molecule has 3 N–H and O–H groups in total. The van der Waals surface area contributed by atoms with Crippen molar-refractivity contribution in [1.82, 2.24) is 5.06 Å². The number of nitrogens with two attached hydrogens (primary N) is 1. The number of carbonyl (C=O) groups is 2. The monoisotopic (exact) mass is 425 g/mol. The van der Waals surface area contributed by atoms with Crippen LogP contribution in [0.4, 0.5) is 5.69 Å². The number of carboxylic acids is 1. The highest BCUT2D eigenvalue weighted by molar-refractivity contribution is 6.04. The summed E-state index contributed by atoms with van der Waals surface area (Å²) in [7, 11) is 0. The lowest BCUT2D eigenvalue weighted by atomic mass is 9.95. The number of carbonyl (C=O) groups excluding carboxylic acids is 1. The van der Waals surface area contributed by atoms with E-state index in [1.807, 2.05) is 52.0 Å². The topological polar surface area (TPSA) is 113 Å². The van der Waals surface area contributed by atoms with E-state index >= 15 is 0 Å². The van der Waals surface area contributed by atoms with Gasteiger partial charge >= 0.3 is 5.97 Å². The van der Waals surface area contributed by atoms with Gasteiger partial charge in [-0.2, -0.15) is 0 Å². The average molecular weight is 426 g/mol. The van der Waals surface area contributed by atoms with Crippen LogP contribution in [0.3, 0.4) is 0 Å². The van der Waals surface area contributed by atoms with Crippen LogP contribution < -0.4 is 5.73 Å². The summed E-state index contributed by atoms with van der Waals surface area (Å²) in [5.41, 5.74) is 9.12. The molecule has 1 atom stereocenters. The summed E-state index contributed by atoms with van der Waals surface area (Å²) in [5, 5.41) is 22.2. The van der Waals surface area contributed by atoms with Crippen molar-refractivity contribution < 1.29 is 24.6 Å². The standard InChI is InChI=1S/C16H13NO4.C8H16NO/c17-13-6-5-11-12(7-21-8-18)9-3-1-2-4-10(9)14(11)15(13)16(19)20;1-7(2)5-6-8(3,4)9(7)10/h1-6,8,12H,7,17H2,(H,19,20);5-6H2,1-4H3. The Kier molecular flexibility index (Phi) is 6.11. The van der Waals surface area contributed by atoms with Gasteiger partial charge in [-0.25, -0.2) is 4.79 Å². The van der Waals surface area contributed by atoms with Crippen molar-refractivity contribution >= 4 is 18.1 Å². The van der Waals surface area contributed by atoms with Gasteiger partial charge in [0.15, 0.2) is 0 Å². The SMILES string of the molecule is CC1(C)CCC(C)(C)N1[O].Nc1ccc2c(c1C(=O)O)-c1ccccc1C2COC=O. The van der Waals surface area contributed by atoms with Crippen molar-refractivity contribution in [2.24, 2.45) is 0 Å². The number of hydrogen-bond donors (Lipinski definition) is 2. The number of fused-ring (bicyclic) bond motifs is 3. The summed E-state index contributed by atoms with van der Waals surface area (Å²) in [5.74, 6) is -1.23. The molecule has 7 heteroatoms. The number of hydroxylamine groups is 2. The number of anilines is 1. The van der Waals surface area contributed by atoms with Gasteiger partial charge < -0.3 is 15.6 Å². The Hall–Kier alpha value is -2.90. The summed E-state index contributed by atoms with van der Waals surface area (Å²) >= 11 is 0. The molecule has 2 aromatic rings. The number of hydrogen-bond acceptors (Lipinski definition) is 5. The van der Waals surface area contributed by atoms with Crippen LogP contribution in [0, 0.1) is 0 Å². The highest BCUT2D eigenvalue weighted by Gasteiger charge is 2.45. The maximum absolute atomic E-state index is 11.5. The summed E-state index contributed by atoms with van der Waals surface area (Å²) in [6.07, 6.45) is 2.03. The summed E-state index contributed by atoms with van der Waals surface area (Å²) in [6, 6.07) is 10.9. The van der Waals surface area contributed by atoms with Crippen LogP contribution in [0.25, 0.3) is 11.1 Å². The molecule has 2 aliphatic rings. The first-order valence-electron chi connectivity index (χ1n) is 10.3. The highest BCUT2D eigenvalue weighted by atomic mass is 16.5. The van der Waals surface area contributed by atoms with Gasteiger partial charge in [-0.1, -0.05) is 30.3 Å². The summed E-state index contributed by atoms with van der Waals surface area (Å²) < 4.78 is 4.90. The number of carboxylic acid groups (broad SMARTS) is 1. The van der Waals surface area contributed by atoms with E-state index in [1.165, 1.54) is 5.06 Å². The molecular formula is C24H29N2O5. The van der Waals surface area contributed by atoms with E-state index in [1.54, 1.807) is 12.1 Å². The predicted octanol–water partition coefficient (Wildman–Crippen LogP) is 4.24. The molecule has 7 nitrogen and oxygen atoms in total. The van der Waals surface area contributed by atoms with Crippen LogP contribution >= 0.6 is 0 Å². The van der Waals surface area contributed by atoms with Crippen molar-refractivity contribution in [3.63, 3.8) is 0 Å². The fourth-order valence-corrected chi connectivity index (χ4v) is 4.59. The third-order valence-electron chi connectivity index (χ3n) is 6.24. The minimum absolute atomic E-state index is 0.105. The first-order chi connectivity index (χ1) is 14.5. The van der Waals surface area contributed by atoms with Crippen LogP contribution in [0.15, 0.2) is 36.4 Å². The van der Waals surface area contributed by atoms with E-state index in [0.717, 1.165) is 29.5 Å². The number of ether oxygens (including phenoxy) is 1. The lowest BCUT2D eigenvalue weighted by Gasteiger charge is -2.31. The number of aromatic carboxylic acids is 1. The average Bonchev–Trinajstić information content (AvgIpc) is 3.13. The smallest absolute Gasteiger partial charge is 0.338 e. The lowest BCUT2D eigenvalue weighted by molar-refractivity contribution is -0.244. The van der Waals surface area contributed by atoms with Gasteiger partial charge in [0.05, 0.1) is 5.56 Å². The molecular weight excluding hydrogens is 396 g/mol. The van der Waals surface area contributed by atoms with E-state index in [2.05, 4.69) is 0 Å². The molecule has 31 heavy (non-hydrogen) atoms. The Morgan fingerprint density at radius 1 is 1.13 bits per heavy atom. The third kappa shape index (κ3) is 4.16. The Balaban J connectivity index is 0.000000229. The fraction of sp³-hybridized carbons (Fsp3) is 0.417. The first-order valence-corrected chi connectivity index (χ1v) is 10.3. The van der Waals surface area contributed by atoms with Crippen LogP contribution in [0.1, 0.15) is 67.9 Å². The van der Waals surface area contributed by atoms with Crippen molar-refractivity contribution in [3.05, 3.63) is 53.1 Å². The van der Waals surface area contributed by atoms with Gasteiger partial charge in [0.2, 0.25) is 0 Å². The molecule has 1 aliphatic heterocycles. The predicted molar refractivity (Wildman–Crippen MR) is 117 cm³/mol. The van der Waals surface area contributed by atoms with Gasteiger partial charge in [0.1, 0.15) is 6.61 Å². The van der Waals surface area contributed by atoms with E-state index in [0.29, 0.717) is 12.0 Å². The number of nitrogen functional groups attached to an aromatic ring is 1. The maximum Gasteiger partial charge on any atom is 0.338 e. The summed E-state index contributed by atoms with van der Waals surface area (Å²) in [6.45, 7) is 8.61. The fourth-order valence-electron chi connectivity index (χ4n) is 4.59. The van der Waals surface area contributed by atoms with Crippen LogP contribution in [0.2, 0.25) is 0 Å². The molecule has 0 spiro atoms. The van der Waals surface area contributed by atoms with Crippen LogP contribution in [-0.2, 0) is 14.7 Å². The van der Waals surface area contributed by atoms with E-state index in [-0.39, 0.29) is 34.9 Å². The lowest BCUT2D eigenvalue weighted by Crippen LogP contribution is -2.44. The van der Waals surface area contributed by atoms with Gasteiger partial charge in [-0.15, -0.1) is 10.3 Å². The molecule has 1 radical (unpaired) electrons. The quantitative estimate of drug-likeness (QED) is 0.560. The zero-order chi connectivity index (χ0) is 23.0. The van der Waals surface area contributed by atoms with Gasteiger partial charge in [-0.05, 0) is 63.3 Å². The maximum atomic E-state index is 11.5. The minimum Gasteiger partial charge on any atom is -0.478 e. The first kappa shape index (κ1) is 22.8. The van der Waals surface area contributed by atoms with Crippen molar-refractivity contribution in [1.29, 1.82) is 0 Å². The van der Waals surface area contributed by atoms with Crippen LogP contribution in [-0.4, -0.2) is 40.3 Å². The number of benzene rings is 2. The van der Waals surface area contributed by atoms with Gasteiger partial charge in [-0.3, -0.25) is 4.79 Å².